The molecule has 0 aliphatic rings. The van der Waals surface area contributed by atoms with Crippen LogP contribution in [0.3, 0.4) is 0 Å². The first kappa shape index (κ1) is 19.1. The molecule has 0 amide bonds. The number of thioether (sulfide) groups is 3. The van der Waals surface area contributed by atoms with Crippen molar-refractivity contribution in [2.45, 2.75) is 10.5 Å². The van der Waals surface area contributed by atoms with Crippen molar-refractivity contribution >= 4 is 73.2 Å². The van der Waals surface area contributed by atoms with E-state index in [2.05, 4.69) is 37.9 Å². The molecule has 0 saturated heterocycles. The van der Waals surface area contributed by atoms with Gasteiger partial charge in [-0.3, -0.25) is 0 Å². The van der Waals surface area contributed by atoms with E-state index in [1.165, 1.54) is 5.75 Å². The van der Waals surface area contributed by atoms with Crippen LogP contribution >= 0.6 is 73.2 Å². The molecule has 1 nitrogen and oxygen atoms in total. The molecule has 0 bridgehead atoms. The third-order valence-corrected chi connectivity index (χ3v) is 7.92. The Morgan fingerprint density at radius 2 is 1.41 bits per heavy atom. The van der Waals surface area contributed by atoms with Crippen molar-refractivity contribution in [1.29, 1.82) is 0 Å². The van der Waals surface area contributed by atoms with Gasteiger partial charge in [0.2, 0.25) is 0 Å². The third kappa shape index (κ3) is 11.6. The van der Waals surface area contributed by atoms with Crippen molar-refractivity contribution in [3.05, 3.63) is 0 Å². The molecule has 7 heteroatoms. The molecule has 2 atom stereocenters. The van der Waals surface area contributed by atoms with Crippen LogP contribution in [0.1, 0.15) is 0 Å². The minimum atomic E-state index is 0.572. The summed E-state index contributed by atoms with van der Waals surface area (Å²) in [5, 5.41) is 1.21. The summed E-state index contributed by atoms with van der Waals surface area (Å²) in [6.45, 7) is 0.765. The zero-order chi connectivity index (χ0) is 12.9. The average Bonchev–Trinajstić information content (AvgIpc) is 2.37. The summed E-state index contributed by atoms with van der Waals surface area (Å²) in [6, 6.07) is 0. The Kier molecular flexibility index (Phi) is 16.2. The van der Waals surface area contributed by atoms with Crippen LogP contribution in [-0.4, -0.2) is 57.3 Å². The molecule has 104 valence electrons. The zero-order valence-corrected chi connectivity index (χ0v) is 15.1. The maximum atomic E-state index is 5.75. The van der Waals surface area contributed by atoms with Gasteiger partial charge in [-0.25, -0.2) is 0 Å². The quantitative estimate of drug-likeness (QED) is 0.407. The van der Waals surface area contributed by atoms with Crippen LogP contribution < -0.4 is 5.73 Å². The molecule has 0 aromatic rings. The fourth-order valence-electron chi connectivity index (χ4n) is 1.11. The summed E-state index contributed by atoms with van der Waals surface area (Å²) >= 11 is 18.8. The van der Waals surface area contributed by atoms with Crippen molar-refractivity contribution < 1.29 is 0 Å². The third-order valence-electron chi connectivity index (χ3n) is 1.96. The average molecular weight is 350 g/mol. The van der Waals surface area contributed by atoms with Gasteiger partial charge in [0.1, 0.15) is 0 Å². The van der Waals surface area contributed by atoms with Crippen molar-refractivity contribution in [3.8, 4) is 0 Å². The zero-order valence-electron chi connectivity index (χ0n) is 9.96. The summed E-state index contributed by atoms with van der Waals surface area (Å²) < 4.78 is 0. The van der Waals surface area contributed by atoms with E-state index in [1.807, 2.05) is 35.3 Å². The molecule has 0 aromatic heterocycles. The molecule has 17 heavy (non-hydrogen) atoms. The lowest BCUT2D eigenvalue weighted by molar-refractivity contribution is 0.961. The van der Waals surface area contributed by atoms with E-state index in [4.69, 9.17) is 5.73 Å². The monoisotopic (exact) mass is 349 g/mol. The maximum absolute atomic E-state index is 5.75. The largest absolute Gasteiger partial charge is 0.329 e. The van der Waals surface area contributed by atoms with Crippen LogP contribution in [0.25, 0.3) is 0 Å². The number of nitrogens with two attached hydrogens (primary N) is 1. The molecule has 0 aliphatic heterocycles. The Morgan fingerprint density at radius 3 is 1.88 bits per heavy atom. The van der Waals surface area contributed by atoms with Gasteiger partial charge in [-0.2, -0.15) is 73.2 Å². The highest BCUT2D eigenvalue weighted by molar-refractivity contribution is 8.05. The Morgan fingerprint density at radius 1 is 0.882 bits per heavy atom. The van der Waals surface area contributed by atoms with Crippen LogP contribution in [0, 0.1) is 0 Å². The molecule has 0 spiro atoms. The SMILES string of the molecule is NCC(CSCC(CS)SCCS)SCCS. The number of rotatable bonds is 12. The molecule has 0 fully saturated rings. The maximum Gasteiger partial charge on any atom is 0.0261 e. The van der Waals surface area contributed by atoms with Gasteiger partial charge in [-0.1, -0.05) is 0 Å². The van der Waals surface area contributed by atoms with Crippen molar-refractivity contribution in [2.24, 2.45) is 5.73 Å². The summed E-state index contributed by atoms with van der Waals surface area (Å²) in [5.74, 6) is 7.34. The van der Waals surface area contributed by atoms with E-state index in [9.17, 15) is 0 Å². The lowest BCUT2D eigenvalue weighted by atomic mass is 10.5. The van der Waals surface area contributed by atoms with Crippen LogP contribution in [0.15, 0.2) is 0 Å². The predicted octanol–water partition coefficient (Wildman–Crippen LogP) is 2.67. The van der Waals surface area contributed by atoms with Crippen molar-refractivity contribution in [1.82, 2.24) is 0 Å². The molecular formula is C10H23NS6. The normalized spacial score (nSPS) is 14.8. The second kappa shape index (κ2) is 14.5. The Hall–Kier alpha value is 2.06. The van der Waals surface area contributed by atoms with Gasteiger partial charge >= 0.3 is 0 Å². The van der Waals surface area contributed by atoms with Gasteiger partial charge in [0.15, 0.2) is 0 Å². The smallest absolute Gasteiger partial charge is 0.0261 e. The van der Waals surface area contributed by atoms with Gasteiger partial charge in [-0.05, 0) is 11.5 Å². The van der Waals surface area contributed by atoms with Gasteiger partial charge in [-0.15, -0.1) is 0 Å². The van der Waals surface area contributed by atoms with E-state index in [1.54, 1.807) is 0 Å². The number of hydrogen-bond acceptors (Lipinski definition) is 7. The Balaban J connectivity index is 3.61. The van der Waals surface area contributed by atoms with Crippen LogP contribution in [0.2, 0.25) is 0 Å². The second-order valence-electron chi connectivity index (χ2n) is 3.39. The van der Waals surface area contributed by atoms with E-state index in [-0.39, 0.29) is 0 Å². The predicted molar refractivity (Wildman–Crippen MR) is 100 cm³/mol. The van der Waals surface area contributed by atoms with E-state index in [0.717, 1.165) is 41.1 Å². The Bertz CT molecular complexity index is 144. The highest BCUT2D eigenvalue weighted by Crippen LogP contribution is 2.21. The first-order valence-corrected chi connectivity index (χ1v) is 10.8. The molecule has 0 heterocycles. The topological polar surface area (TPSA) is 26.0 Å². The lowest BCUT2D eigenvalue weighted by Crippen LogP contribution is -2.21. The first-order chi connectivity index (χ1) is 8.28. The number of thiol groups is 3. The molecule has 0 rings (SSSR count). The number of hydrogen-bond donors (Lipinski definition) is 4. The molecule has 0 radical (unpaired) electrons. The molecule has 0 saturated carbocycles. The highest BCUT2D eigenvalue weighted by atomic mass is 32.2. The minimum absolute atomic E-state index is 0.572. The molecule has 0 aromatic carbocycles. The summed E-state index contributed by atoms with van der Waals surface area (Å²) in [5.41, 5.74) is 5.75. The van der Waals surface area contributed by atoms with Gasteiger partial charge < -0.3 is 5.73 Å². The molecular weight excluding hydrogens is 327 g/mol. The highest BCUT2D eigenvalue weighted by Gasteiger charge is 2.10. The van der Waals surface area contributed by atoms with E-state index >= 15 is 0 Å². The fraction of sp³-hybridized carbons (Fsp3) is 1.00. The van der Waals surface area contributed by atoms with Crippen molar-refractivity contribution in [3.63, 3.8) is 0 Å². The van der Waals surface area contributed by atoms with Gasteiger partial charge in [0.05, 0.1) is 0 Å². The first-order valence-electron chi connectivity index (χ1n) is 5.62. The summed E-state index contributed by atoms with van der Waals surface area (Å²) in [7, 11) is 0. The second-order valence-corrected chi connectivity index (χ2v) is 8.54. The molecule has 2 unspecified atom stereocenters. The minimum Gasteiger partial charge on any atom is -0.329 e. The fourth-order valence-corrected chi connectivity index (χ4v) is 5.74. The van der Waals surface area contributed by atoms with Gasteiger partial charge in [0, 0.05) is 45.8 Å². The standard InChI is InChI=1S/C10H23NS6/c11-5-9(16-3-1-12)7-15-8-10(6-14)17-4-2-13/h9-10,12-14H,1-8,11H2. The molecule has 2 N–H and O–H groups in total. The lowest BCUT2D eigenvalue weighted by Gasteiger charge is -2.16. The van der Waals surface area contributed by atoms with Crippen LogP contribution in [0.4, 0.5) is 0 Å². The van der Waals surface area contributed by atoms with Crippen molar-refractivity contribution in [2.75, 3.05) is 46.8 Å². The molecule has 0 aliphatic carbocycles. The van der Waals surface area contributed by atoms with Crippen LogP contribution in [-0.2, 0) is 0 Å². The summed E-state index contributed by atoms with van der Waals surface area (Å²) in [4.78, 5) is 0. The van der Waals surface area contributed by atoms with Crippen LogP contribution in [0.5, 0.6) is 0 Å². The van der Waals surface area contributed by atoms with E-state index < -0.39 is 0 Å². The van der Waals surface area contributed by atoms with E-state index in [0.29, 0.717) is 10.5 Å². The Labute approximate surface area is 135 Å². The van der Waals surface area contributed by atoms with Gasteiger partial charge in [0.25, 0.3) is 0 Å². The summed E-state index contributed by atoms with van der Waals surface area (Å²) in [6.07, 6.45) is 0.